The Balaban J connectivity index is 1.24. The van der Waals surface area contributed by atoms with Crippen LogP contribution in [0, 0.1) is 5.82 Å². The van der Waals surface area contributed by atoms with Gasteiger partial charge in [-0.1, -0.05) is 5.16 Å². The van der Waals surface area contributed by atoms with E-state index in [1.54, 1.807) is 13.2 Å². The number of rotatable bonds is 8. The second kappa shape index (κ2) is 9.99. The summed E-state index contributed by atoms with van der Waals surface area (Å²) in [6.45, 7) is 5.42. The van der Waals surface area contributed by atoms with E-state index in [0.29, 0.717) is 29.6 Å². The number of halogens is 1. The van der Waals surface area contributed by atoms with E-state index in [9.17, 15) is 4.39 Å². The highest BCUT2D eigenvalue weighted by atomic mass is 19.1. The molecule has 4 rings (SSSR count). The maximum Gasteiger partial charge on any atom is 0.170 e. The molecule has 2 N–H and O–H groups in total. The van der Waals surface area contributed by atoms with E-state index in [0.717, 1.165) is 61.3 Å². The van der Waals surface area contributed by atoms with Gasteiger partial charge in [0, 0.05) is 29.5 Å². The smallest absolute Gasteiger partial charge is 0.170 e. The van der Waals surface area contributed by atoms with Crippen molar-refractivity contribution in [1.29, 1.82) is 0 Å². The molecular formula is C24H29FN4O3. The predicted molar refractivity (Wildman–Crippen MR) is 122 cm³/mol. The number of hydrogen-bond acceptors (Lipinski definition) is 7. The van der Waals surface area contributed by atoms with Crippen LogP contribution in [0.15, 0.2) is 46.0 Å². The number of methoxy groups -OCH3 is 1. The van der Waals surface area contributed by atoms with Crippen LogP contribution >= 0.6 is 0 Å². The monoisotopic (exact) mass is 440 g/mol. The van der Waals surface area contributed by atoms with Crippen LogP contribution in [0.1, 0.15) is 43.4 Å². The molecule has 1 aliphatic heterocycles. The first kappa shape index (κ1) is 22.1. The lowest BCUT2D eigenvalue weighted by Crippen LogP contribution is -2.34. The number of aromatic nitrogens is 1. The second-order valence-electron chi connectivity index (χ2n) is 8.11. The SMILES string of the molecule is COc1cc(/C(C)=N\N)ccc1OCCCN1CCC(c2noc3cc(F)ccc23)CC1. The van der Waals surface area contributed by atoms with Crippen molar-refractivity contribution in [2.75, 3.05) is 33.4 Å². The molecule has 2 aromatic carbocycles. The van der Waals surface area contributed by atoms with Gasteiger partial charge in [-0.2, -0.15) is 5.10 Å². The van der Waals surface area contributed by atoms with Gasteiger partial charge in [-0.3, -0.25) is 0 Å². The summed E-state index contributed by atoms with van der Waals surface area (Å²) in [7, 11) is 1.62. The van der Waals surface area contributed by atoms with E-state index < -0.39 is 0 Å². The Kier molecular flexibility index (Phi) is 6.90. The lowest BCUT2D eigenvalue weighted by Gasteiger charge is -2.31. The van der Waals surface area contributed by atoms with Crippen molar-refractivity contribution in [2.45, 2.75) is 32.1 Å². The van der Waals surface area contributed by atoms with Gasteiger partial charge in [0.25, 0.3) is 0 Å². The number of fused-ring (bicyclic) bond motifs is 1. The molecule has 0 spiro atoms. The summed E-state index contributed by atoms with van der Waals surface area (Å²) in [5.41, 5.74) is 3.12. The number of likely N-dealkylation sites (tertiary alicyclic amines) is 1. The molecule has 3 aromatic rings. The second-order valence-corrected chi connectivity index (χ2v) is 8.11. The fraction of sp³-hybridized carbons (Fsp3) is 0.417. The third kappa shape index (κ3) is 4.85. The third-order valence-electron chi connectivity index (χ3n) is 6.09. The first-order valence-electron chi connectivity index (χ1n) is 10.9. The fourth-order valence-electron chi connectivity index (χ4n) is 4.21. The molecule has 1 saturated heterocycles. The van der Waals surface area contributed by atoms with Crippen molar-refractivity contribution in [3.63, 3.8) is 0 Å². The molecule has 0 unspecified atom stereocenters. The molecule has 1 aliphatic rings. The Labute approximate surface area is 187 Å². The summed E-state index contributed by atoms with van der Waals surface area (Å²) >= 11 is 0. The highest BCUT2D eigenvalue weighted by molar-refractivity contribution is 5.99. The lowest BCUT2D eigenvalue weighted by molar-refractivity contribution is 0.189. The molecule has 0 bridgehead atoms. The highest BCUT2D eigenvalue weighted by Gasteiger charge is 2.25. The zero-order valence-electron chi connectivity index (χ0n) is 18.5. The molecule has 1 aromatic heterocycles. The first-order valence-corrected chi connectivity index (χ1v) is 10.9. The van der Waals surface area contributed by atoms with Crippen molar-refractivity contribution >= 4 is 16.7 Å². The van der Waals surface area contributed by atoms with Gasteiger partial charge < -0.3 is 24.7 Å². The van der Waals surface area contributed by atoms with Crippen LogP contribution in [-0.4, -0.2) is 49.1 Å². The van der Waals surface area contributed by atoms with Crippen molar-refractivity contribution in [3.8, 4) is 11.5 Å². The fourth-order valence-corrected chi connectivity index (χ4v) is 4.21. The van der Waals surface area contributed by atoms with Crippen LogP contribution in [0.5, 0.6) is 11.5 Å². The molecule has 7 nitrogen and oxygen atoms in total. The number of hydrazone groups is 1. The van der Waals surface area contributed by atoms with Crippen LogP contribution in [-0.2, 0) is 0 Å². The van der Waals surface area contributed by atoms with Crippen LogP contribution in [0.4, 0.5) is 4.39 Å². The Morgan fingerprint density at radius 3 is 2.78 bits per heavy atom. The van der Waals surface area contributed by atoms with Crippen LogP contribution in [0.3, 0.4) is 0 Å². The topological polar surface area (TPSA) is 86.1 Å². The van der Waals surface area contributed by atoms with E-state index in [2.05, 4.69) is 15.2 Å². The summed E-state index contributed by atoms with van der Waals surface area (Å²) < 4.78 is 30.1. The van der Waals surface area contributed by atoms with E-state index >= 15 is 0 Å². The molecule has 8 heteroatoms. The minimum atomic E-state index is -0.301. The van der Waals surface area contributed by atoms with Crippen LogP contribution in [0.25, 0.3) is 11.0 Å². The molecule has 1 fully saturated rings. The van der Waals surface area contributed by atoms with E-state index in [4.69, 9.17) is 19.8 Å². The van der Waals surface area contributed by atoms with E-state index in [1.165, 1.54) is 12.1 Å². The summed E-state index contributed by atoms with van der Waals surface area (Å²) in [6.07, 6.45) is 2.94. The summed E-state index contributed by atoms with van der Waals surface area (Å²) in [5, 5.41) is 8.87. The Morgan fingerprint density at radius 1 is 1.22 bits per heavy atom. The van der Waals surface area contributed by atoms with Gasteiger partial charge in [0.2, 0.25) is 0 Å². The number of nitrogens with two attached hydrogens (primary N) is 1. The summed E-state index contributed by atoms with van der Waals surface area (Å²) in [6, 6.07) is 10.3. The van der Waals surface area contributed by atoms with Crippen molar-refractivity contribution in [2.24, 2.45) is 10.9 Å². The molecular weight excluding hydrogens is 411 g/mol. The van der Waals surface area contributed by atoms with Crippen molar-refractivity contribution in [3.05, 3.63) is 53.5 Å². The Morgan fingerprint density at radius 2 is 2.03 bits per heavy atom. The molecule has 0 aliphatic carbocycles. The van der Waals surface area contributed by atoms with Gasteiger partial charge in [-0.05, 0) is 69.6 Å². The van der Waals surface area contributed by atoms with Gasteiger partial charge in [0.1, 0.15) is 5.82 Å². The summed E-state index contributed by atoms with van der Waals surface area (Å²) in [5.74, 6) is 6.79. The van der Waals surface area contributed by atoms with Gasteiger partial charge in [-0.25, -0.2) is 4.39 Å². The third-order valence-corrected chi connectivity index (χ3v) is 6.09. The Hall–Kier alpha value is -3.13. The highest BCUT2D eigenvalue weighted by Crippen LogP contribution is 2.33. The predicted octanol–water partition coefficient (Wildman–Crippen LogP) is 4.31. The number of ether oxygens (including phenoxy) is 2. The molecule has 0 radical (unpaired) electrons. The van der Waals surface area contributed by atoms with E-state index in [1.807, 2.05) is 25.1 Å². The number of benzene rings is 2. The number of nitrogens with zero attached hydrogens (tertiary/aromatic N) is 3. The average Bonchev–Trinajstić information content (AvgIpc) is 3.24. The minimum absolute atomic E-state index is 0.301. The van der Waals surface area contributed by atoms with Crippen LogP contribution in [0.2, 0.25) is 0 Å². The molecule has 2 heterocycles. The molecule has 170 valence electrons. The maximum atomic E-state index is 13.4. The number of hydrogen-bond donors (Lipinski definition) is 1. The van der Waals surface area contributed by atoms with Crippen molar-refractivity contribution in [1.82, 2.24) is 10.1 Å². The largest absolute Gasteiger partial charge is 0.493 e. The zero-order chi connectivity index (χ0) is 22.5. The summed E-state index contributed by atoms with van der Waals surface area (Å²) in [4.78, 5) is 2.45. The van der Waals surface area contributed by atoms with Gasteiger partial charge >= 0.3 is 0 Å². The van der Waals surface area contributed by atoms with E-state index in [-0.39, 0.29) is 5.82 Å². The molecule has 32 heavy (non-hydrogen) atoms. The first-order chi connectivity index (χ1) is 15.6. The maximum absolute atomic E-state index is 13.4. The molecule has 0 amide bonds. The Bertz CT molecular complexity index is 1090. The minimum Gasteiger partial charge on any atom is -0.493 e. The quantitative estimate of drug-likeness (QED) is 0.243. The normalized spacial score (nSPS) is 15.9. The average molecular weight is 441 g/mol. The zero-order valence-corrected chi connectivity index (χ0v) is 18.5. The van der Waals surface area contributed by atoms with Gasteiger partial charge in [0.05, 0.1) is 25.1 Å². The number of piperidine rings is 1. The van der Waals surface area contributed by atoms with Gasteiger partial charge in [0.15, 0.2) is 17.1 Å². The van der Waals surface area contributed by atoms with Crippen molar-refractivity contribution < 1.29 is 18.4 Å². The van der Waals surface area contributed by atoms with Crippen LogP contribution < -0.4 is 15.3 Å². The van der Waals surface area contributed by atoms with Gasteiger partial charge in [-0.15, -0.1) is 0 Å². The lowest BCUT2D eigenvalue weighted by atomic mass is 9.91. The molecule has 0 atom stereocenters. The standard InChI is InChI=1S/C24H29FN4O3/c1-16(27-26)18-4-7-21(23(14-18)30-2)31-13-3-10-29-11-8-17(9-12-29)24-20-6-5-19(25)15-22(20)32-28-24/h4-7,14-15,17H,3,8-13,26H2,1-2H3/b27-16-. The molecule has 0 saturated carbocycles.